The highest BCUT2D eigenvalue weighted by atomic mass is 16.2. The average molecular weight is 421 g/mol. The van der Waals surface area contributed by atoms with E-state index in [0.29, 0.717) is 29.8 Å². The van der Waals surface area contributed by atoms with Crippen molar-refractivity contribution in [1.82, 2.24) is 20.0 Å². The van der Waals surface area contributed by atoms with Crippen molar-refractivity contribution >= 4 is 11.8 Å². The molecule has 2 aliphatic heterocycles. The second-order valence-electron chi connectivity index (χ2n) is 11.0. The molecule has 2 amide bonds. The highest BCUT2D eigenvalue weighted by Gasteiger charge is 2.50. The van der Waals surface area contributed by atoms with Gasteiger partial charge in [-0.05, 0) is 69.9 Å². The quantitative estimate of drug-likeness (QED) is 0.688. The van der Waals surface area contributed by atoms with Crippen LogP contribution in [0, 0.1) is 17.3 Å². The topological polar surface area (TPSA) is 55.9 Å². The van der Waals surface area contributed by atoms with Crippen molar-refractivity contribution < 1.29 is 9.59 Å². The first-order chi connectivity index (χ1) is 14.1. The number of amides is 2. The molecule has 6 nitrogen and oxygen atoms in total. The summed E-state index contributed by atoms with van der Waals surface area (Å²) in [6, 6.07) is 0.198. The molecule has 6 heteroatoms. The van der Waals surface area contributed by atoms with E-state index in [2.05, 4.69) is 56.9 Å². The second-order valence-corrected chi connectivity index (χ2v) is 11.0. The molecule has 0 radical (unpaired) electrons. The van der Waals surface area contributed by atoms with E-state index in [-0.39, 0.29) is 23.9 Å². The number of nitrogens with one attached hydrogen (secondary N) is 1. The molecule has 2 heterocycles. The van der Waals surface area contributed by atoms with E-state index in [0.717, 1.165) is 45.3 Å². The molecule has 3 fully saturated rings. The van der Waals surface area contributed by atoms with Gasteiger partial charge in [0.2, 0.25) is 11.8 Å². The van der Waals surface area contributed by atoms with Crippen molar-refractivity contribution in [2.24, 2.45) is 17.3 Å². The molecule has 0 aromatic rings. The number of piperidine rings is 1. The lowest BCUT2D eigenvalue weighted by atomic mass is 9.59. The van der Waals surface area contributed by atoms with Gasteiger partial charge in [-0.25, -0.2) is 0 Å². The van der Waals surface area contributed by atoms with Crippen molar-refractivity contribution in [3.8, 4) is 0 Å². The summed E-state index contributed by atoms with van der Waals surface area (Å²) in [4.78, 5) is 33.2. The fourth-order valence-corrected chi connectivity index (χ4v) is 5.98. The molecule has 0 aromatic heterocycles. The van der Waals surface area contributed by atoms with Gasteiger partial charge in [0.1, 0.15) is 6.04 Å². The molecular weight excluding hydrogens is 376 g/mol. The lowest BCUT2D eigenvalue weighted by molar-refractivity contribution is -0.152. The molecule has 0 bridgehead atoms. The van der Waals surface area contributed by atoms with Crippen LogP contribution in [-0.4, -0.2) is 84.9 Å². The molecule has 172 valence electrons. The minimum Gasteiger partial charge on any atom is -0.341 e. The van der Waals surface area contributed by atoms with Crippen LogP contribution in [0.15, 0.2) is 0 Å². The number of carbonyl (C=O) groups excluding carboxylic acids is 2. The Morgan fingerprint density at radius 1 is 1.10 bits per heavy atom. The fourth-order valence-electron chi connectivity index (χ4n) is 5.98. The van der Waals surface area contributed by atoms with E-state index < -0.39 is 0 Å². The fraction of sp³-hybridized carbons (Fsp3) is 0.917. The first kappa shape index (κ1) is 23.5. The maximum Gasteiger partial charge on any atom is 0.245 e. The third-order valence-electron chi connectivity index (χ3n) is 7.70. The van der Waals surface area contributed by atoms with Gasteiger partial charge in [-0.15, -0.1) is 0 Å². The van der Waals surface area contributed by atoms with E-state index in [1.807, 2.05) is 4.90 Å². The third-order valence-corrected chi connectivity index (χ3v) is 7.70. The van der Waals surface area contributed by atoms with Gasteiger partial charge in [0.05, 0.1) is 6.04 Å². The highest BCUT2D eigenvalue weighted by molar-refractivity contribution is 5.90. The molecule has 2 saturated heterocycles. The van der Waals surface area contributed by atoms with Crippen LogP contribution >= 0.6 is 0 Å². The van der Waals surface area contributed by atoms with Gasteiger partial charge in [0.25, 0.3) is 0 Å². The average Bonchev–Trinajstić information content (AvgIpc) is 2.66. The molecule has 3 aliphatic rings. The van der Waals surface area contributed by atoms with Gasteiger partial charge in [-0.2, -0.15) is 0 Å². The number of rotatable bonds is 7. The maximum absolute atomic E-state index is 13.6. The summed E-state index contributed by atoms with van der Waals surface area (Å²) in [5, 5.41) is 3.38. The van der Waals surface area contributed by atoms with Gasteiger partial charge in [0.15, 0.2) is 0 Å². The van der Waals surface area contributed by atoms with E-state index >= 15 is 0 Å². The predicted octanol–water partition coefficient (Wildman–Crippen LogP) is 2.58. The standard InChI is InChI=1S/C24H44N4O2/c1-17(2)15-19-22(29)28(14-11-25-19)20(16-18(3)4)23(30)27-12-9-24(10-13-27)8-7-21(24)26(5)6/h17-21,25H,7-16H2,1-6H3/t19-,20-,21?/m0/s1. The lowest BCUT2D eigenvalue weighted by Gasteiger charge is -2.56. The summed E-state index contributed by atoms with van der Waals surface area (Å²) in [5.41, 5.74) is 0.404. The highest BCUT2D eigenvalue weighted by Crippen LogP contribution is 2.51. The summed E-state index contributed by atoms with van der Waals surface area (Å²) >= 11 is 0. The normalized spacial score (nSPS) is 27.8. The van der Waals surface area contributed by atoms with Crippen LogP contribution in [0.25, 0.3) is 0 Å². The van der Waals surface area contributed by atoms with Crippen LogP contribution < -0.4 is 5.32 Å². The maximum atomic E-state index is 13.6. The number of hydrogen-bond acceptors (Lipinski definition) is 4. The van der Waals surface area contributed by atoms with Crippen LogP contribution in [0.3, 0.4) is 0 Å². The number of piperazine rings is 1. The van der Waals surface area contributed by atoms with Crippen LogP contribution in [-0.2, 0) is 9.59 Å². The smallest absolute Gasteiger partial charge is 0.245 e. The largest absolute Gasteiger partial charge is 0.341 e. The number of carbonyl (C=O) groups is 2. The van der Waals surface area contributed by atoms with Crippen molar-refractivity contribution in [2.75, 3.05) is 40.3 Å². The first-order valence-electron chi connectivity index (χ1n) is 12.1. The molecule has 3 atom stereocenters. The van der Waals surface area contributed by atoms with Crippen LogP contribution in [0.4, 0.5) is 0 Å². The van der Waals surface area contributed by atoms with Crippen molar-refractivity contribution in [3.63, 3.8) is 0 Å². The minimum absolute atomic E-state index is 0.120. The molecule has 1 N–H and O–H groups in total. The van der Waals surface area contributed by atoms with Gasteiger partial charge in [0, 0.05) is 32.2 Å². The van der Waals surface area contributed by atoms with Crippen LogP contribution in [0.5, 0.6) is 0 Å². The molecule has 1 unspecified atom stereocenters. The SMILES string of the molecule is CC(C)C[C@@H]1NCCN([C@@H](CC(C)C)C(=O)N2CCC3(CCC3N(C)C)CC2)C1=O. The zero-order valence-electron chi connectivity index (χ0n) is 20.1. The minimum atomic E-state index is -0.311. The Labute approximate surface area is 183 Å². The van der Waals surface area contributed by atoms with E-state index in [1.54, 1.807) is 0 Å². The van der Waals surface area contributed by atoms with E-state index in [9.17, 15) is 9.59 Å². The molecule has 3 rings (SSSR count). The molecule has 0 aromatic carbocycles. The summed E-state index contributed by atoms with van der Waals surface area (Å²) < 4.78 is 0. The molecule has 1 spiro atoms. The zero-order chi connectivity index (χ0) is 22.1. The van der Waals surface area contributed by atoms with Gasteiger partial charge in [-0.3, -0.25) is 9.59 Å². The Kier molecular flexibility index (Phi) is 7.49. The van der Waals surface area contributed by atoms with E-state index in [4.69, 9.17) is 0 Å². The van der Waals surface area contributed by atoms with Crippen LogP contribution in [0.1, 0.15) is 66.2 Å². The molecule has 1 aliphatic carbocycles. The Bertz CT molecular complexity index is 610. The third kappa shape index (κ3) is 4.85. The monoisotopic (exact) mass is 420 g/mol. The molecule has 1 saturated carbocycles. The van der Waals surface area contributed by atoms with Gasteiger partial charge >= 0.3 is 0 Å². The zero-order valence-corrected chi connectivity index (χ0v) is 20.1. The summed E-state index contributed by atoms with van der Waals surface area (Å²) in [6.07, 6.45) is 6.35. The Hall–Kier alpha value is -1.14. The summed E-state index contributed by atoms with van der Waals surface area (Å²) in [5.74, 6) is 1.13. The predicted molar refractivity (Wildman–Crippen MR) is 121 cm³/mol. The summed E-state index contributed by atoms with van der Waals surface area (Å²) in [6.45, 7) is 11.7. The second kappa shape index (κ2) is 9.56. The van der Waals surface area contributed by atoms with Gasteiger partial charge in [-0.1, -0.05) is 27.7 Å². The van der Waals surface area contributed by atoms with Crippen molar-refractivity contribution in [2.45, 2.75) is 84.3 Å². The molecular formula is C24H44N4O2. The number of hydrogen-bond donors (Lipinski definition) is 1. The van der Waals surface area contributed by atoms with Gasteiger partial charge < -0.3 is 20.0 Å². The van der Waals surface area contributed by atoms with Crippen LogP contribution in [0.2, 0.25) is 0 Å². The van der Waals surface area contributed by atoms with E-state index in [1.165, 1.54) is 12.8 Å². The lowest BCUT2D eigenvalue weighted by Crippen LogP contribution is -2.63. The number of likely N-dealkylation sites (tertiary alicyclic amines) is 1. The van der Waals surface area contributed by atoms with Crippen molar-refractivity contribution in [3.05, 3.63) is 0 Å². The Morgan fingerprint density at radius 2 is 1.77 bits per heavy atom. The first-order valence-corrected chi connectivity index (χ1v) is 12.1. The van der Waals surface area contributed by atoms with Crippen molar-refractivity contribution in [1.29, 1.82) is 0 Å². The Morgan fingerprint density at radius 3 is 2.27 bits per heavy atom. The summed E-state index contributed by atoms with van der Waals surface area (Å²) in [7, 11) is 4.37. The molecule has 30 heavy (non-hydrogen) atoms. The Balaban J connectivity index is 1.68. The number of nitrogens with zero attached hydrogens (tertiary/aromatic N) is 3.